The number of carbonyl (C=O) groups excluding carboxylic acids is 1. The van der Waals surface area contributed by atoms with Gasteiger partial charge in [-0.25, -0.2) is 4.79 Å². The molecule has 2 amide bonds. The molecule has 3 saturated heterocycles. The van der Waals surface area contributed by atoms with Gasteiger partial charge in [0, 0.05) is 50.9 Å². The van der Waals surface area contributed by atoms with Gasteiger partial charge in [0.2, 0.25) is 0 Å². The van der Waals surface area contributed by atoms with Crippen molar-refractivity contribution in [2.24, 2.45) is 28.7 Å². The zero-order chi connectivity index (χ0) is 25.2. The molecule has 5 fully saturated rings. The molecule has 6 aliphatic rings. The minimum absolute atomic E-state index is 0.114. The highest BCUT2D eigenvalue weighted by molar-refractivity contribution is 5.74. The molecule has 0 radical (unpaired) electrons. The van der Waals surface area contributed by atoms with E-state index in [1.807, 2.05) is 4.90 Å². The Labute approximate surface area is 223 Å². The zero-order valence-electron chi connectivity index (χ0n) is 22.9. The van der Waals surface area contributed by atoms with Crippen LogP contribution in [0.2, 0.25) is 0 Å². The fourth-order valence-electron chi connectivity index (χ4n) is 8.22. The van der Waals surface area contributed by atoms with E-state index in [0.29, 0.717) is 31.3 Å². The van der Waals surface area contributed by atoms with Gasteiger partial charge in [-0.2, -0.15) is 0 Å². The Morgan fingerprint density at radius 2 is 1.78 bits per heavy atom. The number of rotatable bonds is 4. The molecule has 0 bridgehead atoms. The first-order chi connectivity index (χ1) is 18.1. The highest BCUT2D eigenvalue weighted by atomic mass is 16.5. The number of aliphatic imine (C=N–C) groups is 1. The van der Waals surface area contributed by atoms with Gasteiger partial charge in [-0.3, -0.25) is 15.2 Å². The molecule has 5 atom stereocenters. The third-order valence-electron chi connectivity index (χ3n) is 10.6. The van der Waals surface area contributed by atoms with Crippen molar-refractivity contribution in [2.75, 3.05) is 45.9 Å². The molecule has 2 aliphatic carbocycles. The first kappa shape index (κ1) is 26.0. The lowest BCUT2D eigenvalue weighted by Crippen LogP contribution is -2.54. The highest BCUT2D eigenvalue weighted by Gasteiger charge is 2.50. The van der Waals surface area contributed by atoms with Crippen LogP contribution in [0.1, 0.15) is 77.6 Å². The maximum absolute atomic E-state index is 12.6. The normalized spacial score (nSPS) is 40.5. The largest absolute Gasteiger partial charge is 0.378 e. The summed E-state index contributed by atoms with van der Waals surface area (Å²) in [6.07, 6.45) is 16.3. The maximum atomic E-state index is 12.6. The van der Waals surface area contributed by atoms with Crippen LogP contribution in [0.5, 0.6) is 0 Å². The number of nitrogens with zero attached hydrogens (tertiary/aromatic N) is 3. The number of carbonyl (C=O) groups is 1. The molecule has 5 unspecified atom stereocenters. The van der Waals surface area contributed by atoms with Crippen molar-refractivity contribution in [2.45, 2.75) is 102 Å². The number of urea groups is 1. The molecule has 8 nitrogen and oxygen atoms in total. The third kappa shape index (κ3) is 5.87. The van der Waals surface area contributed by atoms with Crippen LogP contribution < -0.4 is 10.6 Å². The Balaban J connectivity index is 0.945. The van der Waals surface area contributed by atoms with Gasteiger partial charge in [0.15, 0.2) is 6.29 Å². The van der Waals surface area contributed by atoms with Crippen molar-refractivity contribution in [1.29, 1.82) is 0 Å². The van der Waals surface area contributed by atoms with Gasteiger partial charge in [0.25, 0.3) is 0 Å². The van der Waals surface area contributed by atoms with Crippen LogP contribution in [0.4, 0.5) is 4.79 Å². The van der Waals surface area contributed by atoms with Gasteiger partial charge in [0.1, 0.15) is 0 Å². The minimum atomic E-state index is 0.114. The molecule has 0 aromatic heterocycles. The summed E-state index contributed by atoms with van der Waals surface area (Å²) in [4.78, 5) is 21.8. The number of hydrogen-bond acceptors (Lipinski definition) is 6. The summed E-state index contributed by atoms with van der Waals surface area (Å²) in [7, 11) is 0. The first-order valence-corrected chi connectivity index (χ1v) is 15.4. The quantitative estimate of drug-likeness (QED) is 0.598. The zero-order valence-corrected chi connectivity index (χ0v) is 22.9. The third-order valence-corrected chi connectivity index (χ3v) is 10.6. The number of piperidine rings is 1. The van der Waals surface area contributed by atoms with Gasteiger partial charge in [-0.15, -0.1) is 0 Å². The summed E-state index contributed by atoms with van der Waals surface area (Å²) in [6.45, 7) is 8.25. The lowest BCUT2D eigenvalue weighted by molar-refractivity contribution is -0.0935. The van der Waals surface area contributed by atoms with Crippen molar-refractivity contribution in [1.82, 2.24) is 20.4 Å². The van der Waals surface area contributed by atoms with E-state index in [1.165, 1.54) is 38.5 Å². The summed E-state index contributed by atoms with van der Waals surface area (Å²) in [6, 6.07) is 0.463. The molecular weight excluding hydrogens is 466 g/mol. The van der Waals surface area contributed by atoms with E-state index in [4.69, 9.17) is 14.5 Å². The number of amides is 2. The predicted molar refractivity (Wildman–Crippen MR) is 145 cm³/mol. The Morgan fingerprint density at radius 1 is 1.03 bits per heavy atom. The van der Waals surface area contributed by atoms with Crippen LogP contribution in [0, 0.1) is 23.7 Å². The van der Waals surface area contributed by atoms with Crippen molar-refractivity contribution in [3.8, 4) is 0 Å². The molecule has 1 spiro atoms. The van der Waals surface area contributed by atoms with E-state index >= 15 is 0 Å². The molecule has 37 heavy (non-hydrogen) atoms. The molecule has 6 rings (SSSR count). The fourth-order valence-corrected chi connectivity index (χ4v) is 8.22. The number of nitrogens with one attached hydrogen (secondary N) is 2. The van der Waals surface area contributed by atoms with Gasteiger partial charge in [0.05, 0.1) is 24.9 Å². The summed E-state index contributed by atoms with van der Waals surface area (Å²) >= 11 is 0. The highest BCUT2D eigenvalue weighted by Crippen LogP contribution is 2.51. The fraction of sp³-hybridized carbons (Fsp3) is 0.931. The van der Waals surface area contributed by atoms with E-state index in [0.717, 1.165) is 82.6 Å². The second-order valence-electron chi connectivity index (χ2n) is 12.8. The van der Waals surface area contributed by atoms with Crippen molar-refractivity contribution in [3.63, 3.8) is 0 Å². The lowest BCUT2D eigenvalue weighted by Gasteiger charge is -2.42. The van der Waals surface area contributed by atoms with Gasteiger partial charge < -0.3 is 19.7 Å². The molecule has 4 heterocycles. The molecular formula is C29H49N5O3. The average Bonchev–Trinajstić information content (AvgIpc) is 3.31. The van der Waals surface area contributed by atoms with Gasteiger partial charge in [-0.05, 0) is 88.4 Å². The van der Waals surface area contributed by atoms with E-state index in [1.54, 1.807) is 0 Å². The number of ether oxygens (including phenoxy) is 2. The Kier molecular flexibility index (Phi) is 8.08. The molecule has 4 aliphatic heterocycles. The molecule has 2 N–H and O–H groups in total. The van der Waals surface area contributed by atoms with Gasteiger partial charge in [-0.1, -0.05) is 6.92 Å². The number of hydrogen-bond donors (Lipinski definition) is 2. The van der Waals surface area contributed by atoms with Gasteiger partial charge >= 0.3 is 6.03 Å². The number of likely N-dealkylation sites (tertiary alicyclic amines) is 1. The predicted octanol–water partition coefficient (Wildman–Crippen LogP) is 3.61. The topological polar surface area (TPSA) is 78.4 Å². The Bertz CT molecular complexity index is 801. The van der Waals surface area contributed by atoms with E-state index in [2.05, 4.69) is 28.7 Å². The summed E-state index contributed by atoms with van der Waals surface area (Å²) < 4.78 is 12.3. The average molecular weight is 516 g/mol. The minimum Gasteiger partial charge on any atom is -0.378 e. The molecule has 2 saturated carbocycles. The first-order valence-electron chi connectivity index (χ1n) is 15.4. The molecule has 208 valence electrons. The van der Waals surface area contributed by atoms with Crippen molar-refractivity contribution < 1.29 is 14.3 Å². The molecule has 0 aromatic rings. The Hall–Kier alpha value is -1.22. The van der Waals surface area contributed by atoms with Crippen LogP contribution in [-0.4, -0.2) is 92.0 Å². The van der Waals surface area contributed by atoms with Crippen LogP contribution >= 0.6 is 0 Å². The van der Waals surface area contributed by atoms with Crippen LogP contribution in [0.25, 0.3) is 0 Å². The van der Waals surface area contributed by atoms with Crippen molar-refractivity contribution >= 4 is 12.2 Å². The maximum Gasteiger partial charge on any atom is 0.317 e. The molecule has 8 heteroatoms. The Morgan fingerprint density at radius 3 is 2.49 bits per heavy atom. The SMILES string of the molecule is CCC1C=NC(N2CCC3(CC2)CC2CC(C4CCC(NC(=O)N5CCOCC5)CC4)CCC2O3)NC1. The van der Waals surface area contributed by atoms with E-state index in [9.17, 15) is 4.79 Å². The van der Waals surface area contributed by atoms with E-state index < -0.39 is 0 Å². The lowest BCUT2D eigenvalue weighted by atomic mass is 9.68. The second kappa shape index (κ2) is 11.5. The number of morpholine rings is 1. The summed E-state index contributed by atoms with van der Waals surface area (Å²) in [5, 5.41) is 6.96. The van der Waals surface area contributed by atoms with Crippen LogP contribution in [0.3, 0.4) is 0 Å². The summed E-state index contributed by atoms with van der Waals surface area (Å²) in [5.41, 5.74) is 0.118. The van der Waals surface area contributed by atoms with Crippen LogP contribution in [0.15, 0.2) is 4.99 Å². The standard InChI is InChI=1S/C29H49N5O3/c1-2-21-19-30-27(31-20-21)33-11-9-29(10-12-33)18-24-17-23(5-8-26(24)37-29)22-3-6-25(7-4-22)32-28(35)34-13-15-36-16-14-34/h19,21-27,31H,2-18,20H2,1H3,(H,32,35). The second-order valence-corrected chi connectivity index (χ2v) is 12.8. The van der Waals surface area contributed by atoms with Crippen molar-refractivity contribution in [3.05, 3.63) is 0 Å². The smallest absolute Gasteiger partial charge is 0.317 e. The molecule has 0 aromatic carbocycles. The summed E-state index contributed by atoms with van der Waals surface area (Å²) in [5.74, 6) is 3.02. The van der Waals surface area contributed by atoms with E-state index in [-0.39, 0.29) is 17.9 Å². The number of fused-ring (bicyclic) bond motifs is 1. The van der Waals surface area contributed by atoms with Crippen LogP contribution in [-0.2, 0) is 9.47 Å². The monoisotopic (exact) mass is 515 g/mol.